The van der Waals surface area contributed by atoms with Gasteiger partial charge in [-0.3, -0.25) is 9.47 Å². The van der Waals surface area contributed by atoms with Gasteiger partial charge in [0.15, 0.2) is 0 Å². The highest BCUT2D eigenvalue weighted by molar-refractivity contribution is 5.76. The number of fused-ring (bicyclic) bond motifs is 1. The van der Waals surface area contributed by atoms with Gasteiger partial charge >= 0.3 is 0 Å². The molecule has 1 fully saturated rings. The monoisotopic (exact) mass is 397 g/mol. The van der Waals surface area contributed by atoms with Gasteiger partial charge in [0.2, 0.25) is 0 Å². The van der Waals surface area contributed by atoms with E-state index in [9.17, 15) is 0 Å². The van der Waals surface area contributed by atoms with Crippen molar-refractivity contribution in [3.05, 3.63) is 96.1 Å². The number of hydrogen-bond acceptors (Lipinski definition) is 3. The Morgan fingerprint density at radius 1 is 0.800 bits per heavy atom. The van der Waals surface area contributed by atoms with E-state index in [0.717, 1.165) is 43.0 Å². The van der Waals surface area contributed by atoms with Gasteiger partial charge in [0.25, 0.3) is 6.01 Å². The van der Waals surface area contributed by atoms with Gasteiger partial charge in [-0.25, -0.2) is 0 Å². The number of nitrogens with zero attached hydrogens (tertiary/aromatic N) is 3. The van der Waals surface area contributed by atoms with Crippen molar-refractivity contribution in [3.63, 3.8) is 0 Å². The van der Waals surface area contributed by atoms with Gasteiger partial charge in [0.1, 0.15) is 0 Å². The second-order valence-electron chi connectivity index (χ2n) is 7.95. The molecule has 2 heterocycles. The van der Waals surface area contributed by atoms with Crippen LogP contribution in [0.3, 0.4) is 0 Å². The summed E-state index contributed by atoms with van der Waals surface area (Å²) in [6, 6.07) is 31.5. The lowest BCUT2D eigenvalue weighted by Gasteiger charge is -2.38. The van der Waals surface area contributed by atoms with Gasteiger partial charge in [-0.15, -0.1) is 0 Å². The molecule has 0 spiro atoms. The molecule has 0 amide bonds. The first-order chi connectivity index (χ1) is 14.8. The fraction of sp³-hybridized carbons (Fsp3) is 0.269. The van der Waals surface area contributed by atoms with Crippen molar-refractivity contribution in [2.75, 3.05) is 20.2 Å². The summed E-state index contributed by atoms with van der Waals surface area (Å²) in [4.78, 5) is 7.30. The highest BCUT2D eigenvalue weighted by Gasteiger charge is 2.30. The van der Waals surface area contributed by atoms with E-state index in [1.54, 1.807) is 7.11 Å². The Balaban J connectivity index is 1.42. The number of methoxy groups -OCH3 is 1. The van der Waals surface area contributed by atoms with Crippen molar-refractivity contribution < 1.29 is 4.74 Å². The summed E-state index contributed by atoms with van der Waals surface area (Å²) in [5.74, 6) is 0. The maximum Gasteiger partial charge on any atom is 0.297 e. The predicted molar refractivity (Wildman–Crippen MR) is 121 cm³/mol. The van der Waals surface area contributed by atoms with E-state index in [0.29, 0.717) is 6.04 Å². The number of aromatic nitrogens is 2. The van der Waals surface area contributed by atoms with E-state index in [2.05, 4.69) is 93.3 Å². The second-order valence-corrected chi connectivity index (χ2v) is 7.95. The summed E-state index contributed by atoms with van der Waals surface area (Å²) >= 11 is 0. The molecule has 4 aromatic rings. The van der Waals surface area contributed by atoms with E-state index in [-0.39, 0.29) is 6.04 Å². The highest BCUT2D eigenvalue weighted by atomic mass is 16.5. The molecule has 3 aromatic carbocycles. The first-order valence-corrected chi connectivity index (χ1v) is 10.7. The third-order valence-electron chi connectivity index (χ3n) is 6.21. The van der Waals surface area contributed by atoms with Gasteiger partial charge in [-0.2, -0.15) is 4.98 Å². The quantitative estimate of drug-likeness (QED) is 0.447. The molecule has 0 unspecified atom stereocenters. The number of para-hydroxylation sites is 2. The Bertz CT molecular complexity index is 1060. The standard InChI is InChI=1S/C26H27N3O/c1-30-26-27-23-14-8-9-15-24(23)29(26)22-16-18-28(19-17-22)25(20-10-4-2-5-11-20)21-12-6-3-7-13-21/h2-15,22,25H,16-19H2,1H3. The van der Waals surface area contributed by atoms with Gasteiger partial charge in [0, 0.05) is 19.1 Å². The zero-order chi connectivity index (χ0) is 20.3. The Labute approximate surface area is 177 Å². The Morgan fingerprint density at radius 2 is 1.37 bits per heavy atom. The van der Waals surface area contributed by atoms with Crippen molar-refractivity contribution in [3.8, 4) is 6.01 Å². The van der Waals surface area contributed by atoms with Gasteiger partial charge in [-0.1, -0.05) is 72.8 Å². The number of piperidine rings is 1. The molecule has 0 radical (unpaired) electrons. The van der Waals surface area contributed by atoms with Crippen LogP contribution in [0.2, 0.25) is 0 Å². The highest BCUT2D eigenvalue weighted by Crippen LogP contribution is 2.36. The predicted octanol–water partition coefficient (Wildman–Crippen LogP) is 5.47. The third kappa shape index (κ3) is 3.48. The molecule has 1 aliphatic heterocycles. The first-order valence-electron chi connectivity index (χ1n) is 10.7. The molecule has 0 N–H and O–H groups in total. The van der Waals surface area contributed by atoms with Crippen LogP contribution in [0.5, 0.6) is 6.01 Å². The molecule has 0 bridgehead atoms. The Morgan fingerprint density at radius 3 is 1.97 bits per heavy atom. The zero-order valence-electron chi connectivity index (χ0n) is 17.3. The van der Waals surface area contributed by atoms with E-state index in [1.807, 2.05) is 6.07 Å². The molecule has 1 saturated heterocycles. The molecule has 4 heteroatoms. The van der Waals surface area contributed by atoms with Crippen LogP contribution in [0.4, 0.5) is 0 Å². The topological polar surface area (TPSA) is 30.3 Å². The summed E-state index contributed by atoms with van der Waals surface area (Å²) in [6.07, 6.45) is 2.15. The number of likely N-dealkylation sites (tertiary alicyclic amines) is 1. The SMILES string of the molecule is COc1nc2ccccc2n1C1CCN(C(c2ccccc2)c2ccccc2)CC1. The van der Waals surface area contributed by atoms with Crippen LogP contribution < -0.4 is 4.74 Å². The third-order valence-corrected chi connectivity index (χ3v) is 6.21. The minimum absolute atomic E-state index is 0.287. The molecule has 0 saturated carbocycles. The van der Waals surface area contributed by atoms with E-state index < -0.39 is 0 Å². The molecule has 1 aromatic heterocycles. The fourth-order valence-corrected chi connectivity index (χ4v) is 4.81. The number of ether oxygens (including phenoxy) is 1. The largest absolute Gasteiger partial charge is 0.468 e. The lowest BCUT2D eigenvalue weighted by atomic mass is 9.94. The summed E-state index contributed by atoms with van der Waals surface area (Å²) < 4.78 is 7.93. The van der Waals surface area contributed by atoms with Crippen molar-refractivity contribution in [1.82, 2.24) is 14.5 Å². The van der Waals surface area contributed by atoms with Crippen LogP contribution >= 0.6 is 0 Å². The van der Waals surface area contributed by atoms with Crippen LogP contribution in [0.15, 0.2) is 84.9 Å². The first kappa shape index (κ1) is 18.9. The molecule has 4 nitrogen and oxygen atoms in total. The molecule has 0 atom stereocenters. The van der Waals surface area contributed by atoms with Crippen LogP contribution in [0, 0.1) is 0 Å². The van der Waals surface area contributed by atoms with Crippen LogP contribution in [0.25, 0.3) is 11.0 Å². The minimum Gasteiger partial charge on any atom is -0.468 e. The molecule has 5 rings (SSSR count). The van der Waals surface area contributed by atoms with E-state index >= 15 is 0 Å². The number of rotatable bonds is 5. The van der Waals surface area contributed by atoms with Crippen molar-refractivity contribution >= 4 is 11.0 Å². The molecule has 30 heavy (non-hydrogen) atoms. The van der Waals surface area contributed by atoms with E-state index in [1.165, 1.54) is 11.1 Å². The lowest BCUT2D eigenvalue weighted by molar-refractivity contribution is 0.150. The van der Waals surface area contributed by atoms with Crippen LogP contribution in [-0.2, 0) is 0 Å². The maximum absolute atomic E-state index is 5.63. The number of imidazole rings is 1. The molecule has 0 aliphatic carbocycles. The lowest BCUT2D eigenvalue weighted by Crippen LogP contribution is -2.38. The maximum atomic E-state index is 5.63. The van der Waals surface area contributed by atoms with Crippen LogP contribution in [0.1, 0.15) is 36.1 Å². The van der Waals surface area contributed by atoms with Crippen molar-refractivity contribution in [1.29, 1.82) is 0 Å². The second kappa shape index (κ2) is 8.33. The molecular formula is C26H27N3O. The summed E-state index contributed by atoms with van der Waals surface area (Å²) in [6.45, 7) is 2.07. The average Bonchev–Trinajstić information content (AvgIpc) is 3.20. The number of hydrogen-bond donors (Lipinski definition) is 0. The number of benzene rings is 3. The summed E-state index contributed by atoms with van der Waals surface area (Å²) in [5, 5.41) is 0. The average molecular weight is 398 g/mol. The fourth-order valence-electron chi connectivity index (χ4n) is 4.81. The summed E-state index contributed by atoms with van der Waals surface area (Å²) in [5.41, 5.74) is 4.87. The Kier molecular flexibility index (Phi) is 5.24. The van der Waals surface area contributed by atoms with Gasteiger partial charge in [-0.05, 0) is 36.1 Å². The van der Waals surface area contributed by atoms with Crippen LogP contribution in [-0.4, -0.2) is 34.7 Å². The van der Waals surface area contributed by atoms with Crippen molar-refractivity contribution in [2.24, 2.45) is 0 Å². The Hall–Kier alpha value is -3.11. The van der Waals surface area contributed by atoms with Gasteiger partial charge in [0.05, 0.1) is 24.2 Å². The van der Waals surface area contributed by atoms with Gasteiger partial charge < -0.3 is 4.74 Å². The molecule has 1 aliphatic rings. The summed E-state index contributed by atoms with van der Waals surface area (Å²) in [7, 11) is 1.72. The smallest absolute Gasteiger partial charge is 0.297 e. The molecular weight excluding hydrogens is 370 g/mol. The van der Waals surface area contributed by atoms with E-state index in [4.69, 9.17) is 4.74 Å². The zero-order valence-corrected chi connectivity index (χ0v) is 17.3. The minimum atomic E-state index is 0.287. The molecule has 152 valence electrons. The van der Waals surface area contributed by atoms with Crippen molar-refractivity contribution in [2.45, 2.75) is 24.9 Å². The normalized spacial score (nSPS) is 15.7.